The molecule has 0 saturated carbocycles. The zero-order chi connectivity index (χ0) is 10.2. The van der Waals surface area contributed by atoms with Gasteiger partial charge in [0.1, 0.15) is 11.3 Å². The predicted molar refractivity (Wildman–Crippen MR) is 48.5 cm³/mol. The lowest BCUT2D eigenvalue weighted by Gasteiger charge is -2.21. The normalized spacial score (nSPS) is 11.6. The highest BCUT2D eigenvalue weighted by atomic mass is 16.7. The van der Waals surface area contributed by atoms with E-state index in [0.717, 1.165) is 4.73 Å². The van der Waals surface area contributed by atoms with E-state index in [1.807, 2.05) is 0 Å². The zero-order valence-corrected chi connectivity index (χ0v) is 7.90. The number of hydrogen-bond acceptors (Lipinski definition) is 4. The molecule has 0 radical (unpaired) electrons. The van der Waals surface area contributed by atoms with Crippen LogP contribution >= 0.6 is 0 Å². The number of nitrogens with zero attached hydrogens (tertiary/aromatic N) is 1. The zero-order valence-electron chi connectivity index (χ0n) is 7.90. The molecule has 0 spiro atoms. The maximum Gasteiger partial charge on any atom is 0.252 e. The van der Waals surface area contributed by atoms with Crippen LogP contribution in [0.25, 0.3) is 0 Å². The summed E-state index contributed by atoms with van der Waals surface area (Å²) in [6.07, 6.45) is 0. The molecule has 0 aliphatic rings. The summed E-state index contributed by atoms with van der Waals surface area (Å²) in [5.41, 5.74) is 4.92. The van der Waals surface area contributed by atoms with Gasteiger partial charge in [-0.2, -0.15) is 0 Å². The van der Waals surface area contributed by atoms with E-state index < -0.39 is 5.60 Å². The second-order valence-corrected chi connectivity index (χ2v) is 3.78. The average Bonchev–Trinajstić information content (AvgIpc) is 2.14. The molecule has 0 aliphatic carbocycles. The Balaban J connectivity index is 3.01. The maximum absolute atomic E-state index is 9.33. The van der Waals surface area contributed by atoms with E-state index in [1.54, 1.807) is 20.8 Å². The van der Waals surface area contributed by atoms with Gasteiger partial charge in [0.2, 0.25) is 5.88 Å². The predicted octanol–water partition coefficient (Wildman–Crippen LogP) is 0.709. The lowest BCUT2D eigenvalue weighted by Crippen LogP contribution is -2.30. The van der Waals surface area contributed by atoms with Crippen molar-refractivity contribution in [3.8, 4) is 11.8 Å². The number of hydrogen-bond donors (Lipinski definition) is 3. The first-order chi connectivity index (χ1) is 5.81. The third-order valence-corrected chi connectivity index (χ3v) is 1.31. The fourth-order valence-electron chi connectivity index (χ4n) is 0.852. The molecule has 1 aromatic heterocycles. The second-order valence-electron chi connectivity index (χ2n) is 3.78. The molecule has 0 fully saturated rings. The van der Waals surface area contributed by atoms with E-state index >= 15 is 0 Å². The Morgan fingerprint density at radius 3 is 2.23 bits per heavy atom. The van der Waals surface area contributed by atoms with Crippen molar-refractivity contribution in [1.29, 1.82) is 0 Å². The van der Waals surface area contributed by atoms with Crippen molar-refractivity contribution in [2.75, 3.05) is 5.73 Å². The largest absolute Gasteiger partial charge is 0.492 e. The SMILES string of the molecule is CC(C)(C)On1c(O)cc(N)c1O. The minimum absolute atomic E-state index is 0.0850. The van der Waals surface area contributed by atoms with Gasteiger partial charge in [0.25, 0.3) is 5.88 Å². The molecule has 0 atom stereocenters. The van der Waals surface area contributed by atoms with E-state index in [4.69, 9.17) is 10.6 Å². The lowest BCUT2D eigenvalue weighted by atomic mass is 10.2. The van der Waals surface area contributed by atoms with Gasteiger partial charge in [0.15, 0.2) is 0 Å². The molecule has 0 saturated heterocycles. The molecule has 0 amide bonds. The van der Waals surface area contributed by atoms with Crippen LogP contribution in [-0.2, 0) is 0 Å². The van der Waals surface area contributed by atoms with Crippen LogP contribution in [0.1, 0.15) is 20.8 Å². The van der Waals surface area contributed by atoms with Gasteiger partial charge in [-0.05, 0) is 20.8 Å². The molecule has 0 bridgehead atoms. The van der Waals surface area contributed by atoms with Crippen LogP contribution in [0.15, 0.2) is 6.07 Å². The van der Waals surface area contributed by atoms with Gasteiger partial charge in [0, 0.05) is 6.07 Å². The summed E-state index contributed by atoms with van der Waals surface area (Å²) < 4.78 is 0.898. The minimum Gasteiger partial charge on any atom is -0.492 e. The first-order valence-corrected chi connectivity index (χ1v) is 3.90. The summed E-state index contributed by atoms with van der Waals surface area (Å²) in [6.45, 7) is 5.38. The van der Waals surface area contributed by atoms with Crippen LogP contribution in [0.4, 0.5) is 5.69 Å². The highest BCUT2D eigenvalue weighted by Gasteiger charge is 2.19. The van der Waals surface area contributed by atoms with Crippen molar-refractivity contribution in [1.82, 2.24) is 4.73 Å². The fourth-order valence-corrected chi connectivity index (χ4v) is 0.852. The van der Waals surface area contributed by atoms with E-state index in [2.05, 4.69) is 0 Å². The van der Waals surface area contributed by atoms with Crippen molar-refractivity contribution in [2.24, 2.45) is 0 Å². The topological polar surface area (TPSA) is 80.6 Å². The second kappa shape index (κ2) is 2.76. The summed E-state index contributed by atoms with van der Waals surface area (Å²) in [5, 5.41) is 18.6. The summed E-state index contributed by atoms with van der Waals surface area (Å²) in [7, 11) is 0. The number of aromatic hydroxyl groups is 2. The minimum atomic E-state index is -0.513. The third kappa shape index (κ3) is 1.99. The van der Waals surface area contributed by atoms with Gasteiger partial charge in [-0.15, -0.1) is 4.73 Å². The van der Waals surface area contributed by atoms with E-state index in [9.17, 15) is 10.2 Å². The summed E-state index contributed by atoms with van der Waals surface area (Å²) >= 11 is 0. The van der Waals surface area contributed by atoms with Crippen LogP contribution in [-0.4, -0.2) is 20.5 Å². The number of rotatable bonds is 1. The molecule has 1 rings (SSSR count). The highest BCUT2D eigenvalue weighted by Crippen LogP contribution is 2.29. The Kier molecular flexibility index (Phi) is 2.03. The summed E-state index contributed by atoms with van der Waals surface area (Å²) in [4.78, 5) is 5.22. The molecule has 1 heterocycles. The van der Waals surface area contributed by atoms with E-state index in [1.165, 1.54) is 6.07 Å². The fraction of sp³-hybridized carbons (Fsp3) is 0.500. The van der Waals surface area contributed by atoms with Gasteiger partial charge in [-0.3, -0.25) is 0 Å². The number of nitrogens with two attached hydrogens (primary N) is 1. The van der Waals surface area contributed by atoms with Gasteiger partial charge in [-0.1, -0.05) is 0 Å². The van der Waals surface area contributed by atoms with Gasteiger partial charge >= 0.3 is 0 Å². The van der Waals surface area contributed by atoms with Gasteiger partial charge < -0.3 is 20.8 Å². The van der Waals surface area contributed by atoms with Crippen molar-refractivity contribution in [2.45, 2.75) is 26.4 Å². The van der Waals surface area contributed by atoms with E-state index in [-0.39, 0.29) is 17.4 Å². The van der Waals surface area contributed by atoms with Crippen LogP contribution < -0.4 is 10.6 Å². The molecule has 74 valence electrons. The third-order valence-electron chi connectivity index (χ3n) is 1.31. The Morgan fingerprint density at radius 1 is 1.38 bits per heavy atom. The van der Waals surface area contributed by atoms with Crippen LogP contribution in [0.3, 0.4) is 0 Å². The molecule has 4 N–H and O–H groups in total. The molecular weight excluding hydrogens is 172 g/mol. The number of aromatic nitrogens is 1. The van der Waals surface area contributed by atoms with Crippen molar-refractivity contribution in [3.05, 3.63) is 6.07 Å². The maximum atomic E-state index is 9.33. The smallest absolute Gasteiger partial charge is 0.252 e. The molecular formula is C8H14N2O3. The molecule has 1 aromatic rings. The van der Waals surface area contributed by atoms with Crippen LogP contribution in [0.5, 0.6) is 11.8 Å². The van der Waals surface area contributed by atoms with E-state index in [0.29, 0.717) is 0 Å². The average molecular weight is 186 g/mol. The summed E-state index contributed by atoms with van der Waals surface area (Å²) in [6, 6.07) is 1.22. The first-order valence-electron chi connectivity index (χ1n) is 3.90. The Hall–Kier alpha value is -1.52. The molecule has 0 aromatic carbocycles. The Morgan fingerprint density at radius 2 is 1.92 bits per heavy atom. The Bertz CT molecular complexity index is 312. The standard InChI is InChI=1S/C8H14N2O3/c1-8(2,3)13-10-6(11)4-5(9)7(10)12/h4,11-12H,9H2,1-3H3. The number of nitrogen functional groups attached to an aromatic ring is 1. The quantitative estimate of drug-likeness (QED) is 0.603. The lowest BCUT2D eigenvalue weighted by molar-refractivity contribution is -0.0322. The highest BCUT2D eigenvalue weighted by molar-refractivity contribution is 5.52. The monoisotopic (exact) mass is 186 g/mol. The number of anilines is 1. The van der Waals surface area contributed by atoms with Gasteiger partial charge in [0.05, 0.1) is 0 Å². The summed E-state index contributed by atoms with van der Waals surface area (Å²) in [5.74, 6) is -0.502. The van der Waals surface area contributed by atoms with Crippen LogP contribution in [0, 0.1) is 0 Å². The first kappa shape index (κ1) is 9.57. The van der Waals surface area contributed by atoms with Crippen molar-refractivity contribution >= 4 is 5.69 Å². The van der Waals surface area contributed by atoms with Crippen molar-refractivity contribution in [3.63, 3.8) is 0 Å². The van der Waals surface area contributed by atoms with Crippen LogP contribution in [0.2, 0.25) is 0 Å². The molecule has 0 unspecified atom stereocenters. The molecule has 5 nitrogen and oxygen atoms in total. The molecule has 5 heteroatoms. The van der Waals surface area contributed by atoms with Gasteiger partial charge in [-0.25, -0.2) is 0 Å². The Labute approximate surface area is 76.3 Å². The molecule has 13 heavy (non-hydrogen) atoms. The molecule has 0 aliphatic heterocycles. The van der Waals surface area contributed by atoms with Crippen molar-refractivity contribution < 1.29 is 15.1 Å².